The number of carbonyl (C=O) groups excluding carboxylic acids is 2. The molecule has 37 heavy (non-hydrogen) atoms. The lowest BCUT2D eigenvalue weighted by Crippen LogP contribution is -2.23. The molecule has 3 aromatic rings. The fourth-order valence-electron chi connectivity index (χ4n) is 4.02. The van der Waals surface area contributed by atoms with Crippen LogP contribution in [0, 0.1) is 0 Å². The number of unbranched alkanes of at least 4 members (excludes halogenated alkanes) is 4. The maximum Gasteiger partial charge on any atom is 0.178 e. The van der Waals surface area contributed by atoms with Crippen LogP contribution in [0.25, 0.3) is 0 Å². The van der Waals surface area contributed by atoms with Gasteiger partial charge in [0.2, 0.25) is 0 Å². The number of ketones is 2. The molecular formula is C31H36O6. The normalized spacial score (nSPS) is 10.9. The van der Waals surface area contributed by atoms with Crippen molar-refractivity contribution in [3.05, 3.63) is 83.4 Å². The second kappa shape index (κ2) is 14.1. The van der Waals surface area contributed by atoms with E-state index in [4.69, 9.17) is 9.47 Å². The number of ether oxygens (including phenoxy) is 2. The lowest BCUT2D eigenvalue weighted by Gasteiger charge is -2.18. The summed E-state index contributed by atoms with van der Waals surface area (Å²) in [5.41, 5.74) is 0.658. The summed E-state index contributed by atoms with van der Waals surface area (Å²) in [5.74, 6) is -1.40. The highest BCUT2D eigenvalue weighted by atomic mass is 16.5. The Morgan fingerprint density at radius 2 is 1.14 bits per heavy atom. The Balaban J connectivity index is 1.84. The molecule has 0 spiro atoms. The summed E-state index contributed by atoms with van der Waals surface area (Å²) in [6.07, 6.45) is 6.27. The number of rotatable bonds is 15. The molecule has 0 unspecified atom stereocenters. The lowest BCUT2D eigenvalue weighted by molar-refractivity contribution is 0.0858. The molecule has 0 atom stereocenters. The standard InChI is InChI=1S/C31H36O6/c1-3-5-7-19-36-25-14-9-22(10-15-25)30(34)29(27-21-24(32)13-18-28(27)33)31(35)23-11-16-26(17-12-23)37-20-8-6-4-2/h9-18,21,29,32-33H,3-8,19-20H2,1-2H3. The van der Waals surface area contributed by atoms with Crippen LogP contribution in [0.2, 0.25) is 0 Å². The van der Waals surface area contributed by atoms with Crippen molar-refractivity contribution in [3.63, 3.8) is 0 Å². The van der Waals surface area contributed by atoms with Crippen molar-refractivity contribution >= 4 is 11.6 Å². The number of hydrogen-bond acceptors (Lipinski definition) is 6. The summed E-state index contributed by atoms with van der Waals surface area (Å²) >= 11 is 0. The number of phenolic OH excluding ortho intramolecular Hbond substituents is 2. The molecule has 6 heteroatoms. The molecule has 0 saturated carbocycles. The second-order valence-corrected chi connectivity index (χ2v) is 9.06. The van der Waals surface area contributed by atoms with Gasteiger partial charge in [0.1, 0.15) is 28.9 Å². The van der Waals surface area contributed by atoms with Crippen molar-refractivity contribution in [2.45, 2.75) is 58.3 Å². The van der Waals surface area contributed by atoms with Crippen LogP contribution in [0.4, 0.5) is 0 Å². The number of Topliss-reactive ketones (excluding diaryl/α,β-unsaturated/α-hetero) is 2. The summed E-state index contributed by atoms with van der Waals surface area (Å²) in [7, 11) is 0. The summed E-state index contributed by atoms with van der Waals surface area (Å²) in [6, 6.07) is 17.1. The second-order valence-electron chi connectivity index (χ2n) is 9.06. The molecule has 0 aliphatic carbocycles. The van der Waals surface area contributed by atoms with Gasteiger partial charge in [-0.15, -0.1) is 0 Å². The SMILES string of the molecule is CCCCCOc1ccc(C(=O)C(C(=O)c2ccc(OCCCCC)cc2)c2cc(O)ccc2O)cc1. The molecule has 0 aliphatic heterocycles. The van der Waals surface area contributed by atoms with Crippen molar-refractivity contribution in [2.24, 2.45) is 0 Å². The number of phenols is 2. The molecular weight excluding hydrogens is 468 g/mol. The first-order valence-electron chi connectivity index (χ1n) is 13.0. The summed E-state index contributed by atoms with van der Waals surface area (Å²) in [4.78, 5) is 27.2. The van der Waals surface area contributed by atoms with Crippen molar-refractivity contribution in [3.8, 4) is 23.0 Å². The summed E-state index contributed by atoms with van der Waals surface area (Å²) < 4.78 is 11.5. The van der Waals surface area contributed by atoms with E-state index >= 15 is 0 Å². The van der Waals surface area contributed by atoms with Crippen LogP contribution in [-0.4, -0.2) is 35.0 Å². The Morgan fingerprint density at radius 3 is 1.57 bits per heavy atom. The zero-order valence-corrected chi connectivity index (χ0v) is 21.6. The van der Waals surface area contributed by atoms with Crippen LogP contribution in [0.3, 0.4) is 0 Å². The monoisotopic (exact) mass is 504 g/mol. The van der Waals surface area contributed by atoms with Crippen LogP contribution in [0.5, 0.6) is 23.0 Å². The maximum absolute atomic E-state index is 13.6. The minimum Gasteiger partial charge on any atom is -0.508 e. The molecule has 0 amide bonds. The van der Waals surface area contributed by atoms with Gasteiger partial charge in [-0.1, -0.05) is 39.5 Å². The Bertz CT molecular complexity index is 1080. The molecule has 0 bridgehead atoms. The predicted molar refractivity (Wildman–Crippen MR) is 144 cm³/mol. The Kier molecular flexibility index (Phi) is 10.6. The van der Waals surface area contributed by atoms with Crippen molar-refractivity contribution < 1.29 is 29.3 Å². The molecule has 3 rings (SSSR count). The van der Waals surface area contributed by atoms with Crippen molar-refractivity contribution in [1.29, 1.82) is 0 Å². The lowest BCUT2D eigenvalue weighted by atomic mass is 9.84. The van der Waals surface area contributed by atoms with Crippen LogP contribution >= 0.6 is 0 Å². The van der Waals surface area contributed by atoms with Gasteiger partial charge >= 0.3 is 0 Å². The smallest absolute Gasteiger partial charge is 0.178 e. The van der Waals surface area contributed by atoms with Gasteiger partial charge in [0.25, 0.3) is 0 Å². The van der Waals surface area contributed by atoms with E-state index in [9.17, 15) is 19.8 Å². The first kappa shape index (κ1) is 27.8. The summed E-state index contributed by atoms with van der Waals surface area (Å²) in [5, 5.41) is 20.5. The van der Waals surface area contributed by atoms with Crippen LogP contribution in [-0.2, 0) is 0 Å². The van der Waals surface area contributed by atoms with Gasteiger partial charge in [0.15, 0.2) is 11.6 Å². The third-order valence-electron chi connectivity index (χ3n) is 6.16. The Morgan fingerprint density at radius 1 is 0.676 bits per heavy atom. The fourth-order valence-corrected chi connectivity index (χ4v) is 4.02. The Labute approximate surface area is 218 Å². The third-order valence-corrected chi connectivity index (χ3v) is 6.16. The Hall–Kier alpha value is -3.80. The summed E-state index contributed by atoms with van der Waals surface area (Å²) in [6.45, 7) is 5.44. The van der Waals surface area contributed by atoms with Crippen LogP contribution < -0.4 is 9.47 Å². The molecule has 0 aromatic heterocycles. The number of benzene rings is 3. The van der Waals surface area contributed by atoms with Gasteiger partial charge in [0, 0.05) is 16.7 Å². The predicted octanol–water partition coefficient (Wildman–Crippen LogP) is 7.09. The van der Waals surface area contributed by atoms with Gasteiger partial charge in [-0.2, -0.15) is 0 Å². The quantitative estimate of drug-likeness (QED) is 0.0994. The van der Waals surface area contributed by atoms with Crippen molar-refractivity contribution in [1.82, 2.24) is 0 Å². The molecule has 0 radical (unpaired) electrons. The average molecular weight is 505 g/mol. The van der Waals surface area contributed by atoms with Gasteiger partial charge in [-0.3, -0.25) is 9.59 Å². The van der Waals surface area contributed by atoms with E-state index in [2.05, 4.69) is 13.8 Å². The van der Waals surface area contributed by atoms with E-state index < -0.39 is 17.5 Å². The molecule has 6 nitrogen and oxygen atoms in total. The molecule has 0 aliphatic rings. The highest BCUT2D eigenvalue weighted by Gasteiger charge is 2.32. The van der Waals surface area contributed by atoms with E-state index in [-0.39, 0.29) is 17.1 Å². The maximum atomic E-state index is 13.6. The van der Waals surface area contributed by atoms with Gasteiger partial charge < -0.3 is 19.7 Å². The first-order valence-corrected chi connectivity index (χ1v) is 13.0. The number of carbonyl (C=O) groups is 2. The van der Waals surface area contributed by atoms with Gasteiger partial charge in [0.05, 0.1) is 13.2 Å². The zero-order valence-electron chi connectivity index (χ0n) is 21.6. The van der Waals surface area contributed by atoms with Crippen molar-refractivity contribution in [2.75, 3.05) is 13.2 Å². The van der Waals surface area contributed by atoms with Crippen LogP contribution in [0.1, 0.15) is 84.6 Å². The molecule has 0 saturated heterocycles. The first-order chi connectivity index (χ1) is 17.9. The minimum absolute atomic E-state index is 0.0507. The largest absolute Gasteiger partial charge is 0.508 e. The highest BCUT2D eigenvalue weighted by Crippen LogP contribution is 2.34. The van der Waals surface area contributed by atoms with E-state index in [1.807, 2.05) is 0 Å². The molecule has 2 N–H and O–H groups in total. The van der Waals surface area contributed by atoms with Gasteiger partial charge in [-0.05, 0) is 79.6 Å². The topological polar surface area (TPSA) is 93.1 Å². The molecule has 3 aromatic carbocycles. The molecule has 196 valence electrons. The molecule has 0 heterocycles. The fraction of sp³-hybridized carbons (Fsp3) is 0.355. The van der Waals surface area contributed by atoms with Crippen LogP contribution in [0.15, 0.2) is 66.7 Å². The highest BCUT2D eigenvalue weighted by molar-refractivity contribution is 6.20. The van der Waals surface area contributed by atoms with E-state index in [1.165, 1.54) is 18.2 Å². The minimum atomic E-state index is -1.33. The van der Waals surface area contributed by atoms with Gasteiger partial charge in [-0.25, -0.2) is 0 Å². The molecule has 0 fully saturated rings. The average Bonchev–Trinajstić information content (AvgIpc) is 2.92. The zero-order chi connectivity index (χ0) is 26.6. The van der Waals surface area contributed by atoms with E-state index in [0.29, 0.717) is 35.8 Å². The number of hydrogen-bond donors (Lipinski definition) is 2. The third kappa shape index (κ3) is 7.84. The van der Waals surface area contributed by atoms with E-state index in [1.54, 1.807) is 48.5 Å². The van der Waals surface area contributed by atoms with E-state index in [0.717, 1.165) is 38.5 Å². The number of aromatic hydroxyl groups is 2.